The van der Waals surface area contributed by atoms with Gasteiger partial charge in [-0.3, -0.25) is 14.9 Å². The van der Waals surface area contributed by atoms with Gasteiger partial charge in [-0.25, -0.2) is 4.98 Å². The van der Waals surface area contributed by atoms with Crippen molar-refractivity contribution >= 4 is 5.91 Å². The molecule has 3 rings (SSSR count). The van der Waals surface area contributed by atoms with Crippen LogP contribution in [0, 0.1) is 0 Å². The van der Waals surface area contributed by atoms with Crippen LogP contribution in [0.5, 0.6) is 0 Å². The molecular weight excluding hydrogens is 306 g/mol. The normalized spacial score (nSPS) is 10.7. The van der Waals surface area contributed by atoms with Crippen LogP contribution in [-0.4, -0.2) is 32.6 Å². The van der Waals surface area contributed by atoms with Gasteiger partial charge in [0.05, 0.1) is 12.7 Å². The van der Waals surface area contributed by atoms with E-state index in [0.717, 1.165) is 17.7 Å². The molecule has 0 aliphatic heterocycles. The predicted molar refractivity (Wildman–Crippen MR) is 88.1 cm³/mol. The monoisotopic (exact) mass is 325 g/mol. The first-order chi connectivity index (χ1) is 11.7. The van der Waals surface area contributed by atoms with Crippen molar-refractivity contribution in [2.75, 3.05) is 6.54 Å². The molecule has 0 spiro atoms. The lowest BCUT2D eigenvalue weighted by Gasteiger charge is -2.04. The van der Waals surface area contributed by atoms with Crippen LogP contribution >= 0.6 is 0 Å². The predicted octanol–water partition coefficient (Wildman–Crippen LogP) is 1.92. The lowest BCUT2D eigenvalue weighted by atomic mass is 10.2. The van der Waals surface area contributed by atoms with Crippen LogP contribution < -0.4 is 5.32 Å². The lowest BCUT2D eigenvalue weighted by molar-refractivity contribution is -0.120. The third kappa shape index (κ3) is 4.07. The Hall–Kier alpha value is -2.96. The Labute approximate surface area is 139 Å². The van der Waals surface area contributed by atoms with Crippen molar-refractivity contribution in [3.63, 3.8) is 0 Å². The quantitative estimate of drug-likeness (QED) is 0.692. The maximum Gasteiger partial charge on any atom is 0.226 e. The minimum atomic E-state index is -0.0579. The molecule has 1 amide bonds. The van der Waals surface area contributed by atoms with Gasteiger partial charge in [-0.15, -0.1) is 0 Å². The number of H-pyrrole nitrogens is 1. The van der Waals surface area contributed by atoms with Crippen molar-refractivity contribution in [1.29, 1.82) is 0 Å². The van der Waals surface area contributed by atoms with E-state index in [-0.39, 0.29) is 12.3 Å². The van der Waals surface area contributed by atoms with Gasteiger partial charge in [0.2, 0.25) is 11.7 Å². The fraction of sp³-hybridized carbons (Fsp3) is 0.294. The highest BCUT2D eigenvalue weighted by Crippen LogP contribution is 2.14. The van der Waals surface area contributed by atoms with E-state index in [1.165, 1.54) is 0 Å². The second kappa shape index (κ2) is 7.54. The molecule has 7 nitrogen and oxygen atoms in total. The number of carbonyl (C=O) groups excluding carboxylic acids is 1. The van der Waals surface area contributed by atoms with Gasteiger partial charge < -0.3 is 9.73 Å². The van der Waals surface area contributed by atoms with Crippen molar-refractivity contribution < 1.29 is 9.21 Å². The van der Waals surface area contributed by atoms with Crippen molar-refractivity contribution in [2.45, 2.75) is 26.2 Å². The fourth-order valence-electron chi connectivity index (χ4n) is 2.24. The van der Waals surface area contributed by atoms with E-state index >= 15 is 0 Å². The number of hydrogen-bond donors (Lipinski definition) is 2. The largest absolute Gasteiger partial charge is 0.461 e. The highest BCUT2D eigenvalue weighted by atomic mass is 16.3. The Kier molecular flexibility index (Phi) is 5.00. The van der Waals surface area contributed by atoms with Crippen molar-refractivity contribution in [2.24, 2.45) is 0 Å². The number of pyridine rings is 1. The van der Waals surface area contributed by atoms with Gasteiger partial charge in [-0.1, -0.05) is 13.0 Å². The first-order valence-corrected chi connectivity index (χ1v) is 7.90. The summed E-state index contributed by atoms with van der Waals surface area (Å²) in [6.07, 6.45) is 5.18. The molecule has 0 fully saturated rings. The molecule has 0 bridgehead atoms. The van der Waals surface area contributed by atoms with Crippen LogP contribution in [0.1, 0.15) is 24.0 Å². The topological polar surface area (TPSA) is 96.7 Å². The highest BCUT2D eigenvalue weighted by Gasteiger charge is 2.09. The van der Waals surface area contributed by atoms with Gasteiger partial charge in [-0.05, 0) is 30.2 Å². The molecule has 0 atom stereocenters. The minimum absolute atomic E-state index is 0.0579. The molecule has 0 aromatic carbocycles. The number of nitrogens with one attached hydrogen (secondary N) is 2. The van der Waals surface area contributed by atoms with Gasteiger partial charge >= 0.3 is 0 Å². The lowest BCUT2D eigenvalue weighted by Crippen LogP contribution is -2.27. The molecule has 3 aromatic rings. The van der Waals surface area contributed by atoms with Crippen LogP contribution in [0.25, 0.3) is 11.6 Å². The Bertz CT molecular complexity index is 778. The van der Waals surface area contributed by atoms with E-state index < -0.39 is 0 Å². The summed E-state index contributed by atoms with van der Waals surface area (Å²) < 4.78 is 5.24. The van der Waals surface area contributed by atoms with E-state index in [4.69, 9.17) is 4.42 Å². The van der Waals surface area contributed by atoms with Crippen LogP contribution in [-0.2, 0) is 24.1 Å². The van der Waals surface area contributed by atoms with Gasteiger partial charge in [0.1, 0.15) is 5.82 Å². The first-order valence-electron chi connectivity index (χ1n) is 7.90. The van der Waals surface area contributed by atoms with Crippen molar-refractivity contribution in [3.05, 3.63) is 53.8 Å². The van der Waals surface area contributed by atoms with E-state index in [0.29, 0.717) is 30.4 Å². The van der Waals surface area contributed by atoms with E-state index in [1.807, 2.05) is 18.3 Å². The Morgan fingerprint density at radius 2 is 2.25 bits per heavy atom. The van der Waals surface area contributed by atoms with Gasteiger partial charge in [0.25, 0.3) is 0 Å². The summed E-state index contributed by atoms with van der Waals surface area (Å²) in [6.45, 7) is 2.56. The summed E-state index contributed by atoms with van der Waals surface area (Å²) in [7, 11) is 0. The third-order valence-electron chi connectivity index (χ3n) is 3.59. The number of aryl methyl sites for hydroxylation is 1. The summed E-state index contributed by atoms with van der Waals surface area (Å²) >= 11 is 0. The van der Waals surface area contributed by atoms with E-state index in [1.54, 1.807) is 18.4 Å². The molecule has 7 heteroatoms. The fourth-order valence-corrected chi connectivity index (χ4v) is 2.24. The Morgan fingerprint density at radius 3 is 2.96 bits per heavy atom. The second-order valence-electron chi connectivity index (χ2n) is 5.37. The van der Waals surface area contributed by atoms with Crippen molar-refractivity contribution in [3.8, 4) is 11.6 Å². The number of aromatic amines is 1. The number of hydrogen-bond acceptors (Lipinski definition) is 5. The third-order valence-corrected chi connectivity index (χ3v) is 3.59. The Balaban J connectivity index is 1.45. The molecule has 24 heavy (non-hydrogen) atoms. The number of aromatic nitrogens is 4. The number of furan rings is 1. The zero-order chi connectivity index (χ0) is 16.8. The molecule has 0 saturated carbocycles. The molecular formula is C17H19N5O2. The van der Waals surface area contributed by atoms with Gasteiger partial charge in [0.15, 0.2) is 5.76 Å². The number of rotatable bonds is 7. The molecule has 0 aliphatic carbocycles. The average Bonchev–Trinajstić information content (AvgIpc) is 3.27. The van der Waals surface area contributed by atoms with Crippen LogP contribution in [0.15, 0.2) is 41.1 Å². The van der Waals surface area contributed by atoms with Gasteiger partial charge in [0, 0.05) is 24.9 Å². The van der Waals surface area contributed by atoms with Crippen LogP contribution in [0.4, 0.5) is 0 Å². The molecule has 0 saturated heterocycles. The highest BCUT2D eigenvalue weighted by molar-refractivity contribution is 5.78. The zero-order valence-electron chi connectivity index (χ0n) is 13.5. The van der Waals surface area contributed by atoms with E-state index in [9.17, 15) is 4.79 Å². The maximum absolute atomic E-state index is 11.9. The van der Waals surface area contributed by atoms with Crippen LogP contribution in [0.2, 0.25) is 0 Å². The van der Waals surface area contributed by atoms with E-state index in [2.05, 4.69) is 32.4 Å². The zero-order valence-corrected chi connectivity index (χ0v) is 13.5. The summed E-state index contributed by atoms with van der Waals surface area (Å²) in [4.78, 5) is 20.6. The summed E-state index contributed by atoms with van der Waals surface area (Å²) in [5, 5.41) is 9.80. The van der Waals surface area contributed by atoms with Crippen LogP contribution in [0.3, 0.4) is 0 Å². The Morgan fingerprint density at radius 1 is 1.33 bits per heavy atom. The minimum Gasteiger partial charge on any atom is -0.461 e. The smallest absolute Gasteiger partial charge is 0.226 e. The maximum atomic E-state index is 11.9. The van der Waals surface area contributed by atoms with Crippen molar-refractivity contribution in [1.82, 2.24) is 25.5 Å². The number of nitrogens with zero attached hydrogens (tertiary/aromatic N) is 3. The SMILES string of the molecule is CCc1ccc(CC(=O)NCCc2nc(-c3ccco3)n[nH]2)nc1. The summed E-state index contributed by atoms with van der Waals surface area (Å²) in [5.41, 5.74) is 1.93. The summed E-state index contributed by atoms with van der Waals surface area (Å²) in [5.74, 6) is 1.77. The number of carbonyl (C=O) groups is 1. The molecule has 2 N–H and O–H groups in total. The first kappa shape index (κ1) is 15.9. The molecule has 124 valence electrons. The molecule has 3 aromatic heterocycles. The average molecular weight is 325 g/mol. The van der Waals surface area contributed by atoms with Gasteiger partial charge in [-0.2, -0.15) is 5.10 Å². The standard InChI is InChI=1S/C17H19N5O2/c1-2-12-5-6-13(19-11-12)10-16(23)18-8-7-15-20-17(22-21-15)14-4-3-9-24-14/h3-6,9,11H,2,7-8,10H2,1H3,(H,18,23)(H,20,21,22). The summed E-state index contributed by atoms with van der Waals surface area (Å²) in [6, 6.07) is 7.48. The molecule has 0 aliphatic rings. The molecule has 0 radical (unpaired) electrons. The second-order valence-corrected chi connectivity index (χ2v) is 5.37. The number of amides is 1. The molecule has 0 unspecified atom stereocenters. The molecule has 3 heterocycles.